The first-order chi connectivity index (χ1) is 7.93. The fraction of sp³-hybridized carbons (Fsp3) is 0.200. The molecule has 0 unspecified atom stereocenters. The average Bonchev–Trinajstić information content (AvgIpc) is 2.22. The summed E-state index contributed by atoms with van der Waals surface area (Å²) in [5.74, 6) is -2.13. The van der Waals surface area contributed by atoms with E-state index in [4.69, 9.17) is 21.8 Å². The van der Waals surface area contributed by atoms with E-state index >= 15 is 0 Å². The Morgan fingerprint density at radius 1 is 1.35 bits per heavy atom. The van der Waals surface area contributed by atoms with Crippen LogP contribution in [0.1, 0.15) is 16.8 Å². The number of aromatic carboxylic acids is 1. The fourth-order valence-electron chi connectivity index (χ4n) is 1.21. The Hall–Kier alpha value is -1.27. The fourth-order valence-corrected chi connectivity index (χ4v) is 1.79. The van der Waals surface area contributed by atoms with Crippen LogP contribution in [0.4, 0.5) is 5.69 Å². The van der Waals surface area contributed by atoms with Gasteiger partial charge in [0, 0.05) is 11.0 Å². The van der Waals surface area contributed by atoms with Gasteiger partial charge in [0.05, 0.1) is 17.1 Å². The van der Waals surface area contributed by atoms with Crippen LogP contribution in [0.15, 0.2) is 16.6 Å². The number of rotatable bonds is 5. The molecule has 0 atom stereocenters. The molecule has 5 nitrogen and oxygen atoms in total. The van der Waals surface area contributed by atoms with Gasteiger partial charge in [0.25, 0.3) is 0 Å². The summed E-state index contributed by atoms with van der Waals surface area (Å²) in [6, 6.07) is 3.12. The molecule has 0 aliphatic carbocycles. The highest BCUT2D eigenvalue weighted by molar-refractivity contribution is 9.10. The lowest BCUT2D eigenvalue weighted by atomic mass is 10.1. The third-order valence-electron chi connectivity index (χ3n) is 1.96. The minimum Gasteiger partial charge on any atom is -0.481 e. The Morgan fingerprint density at radius 2 is 2.00 bits per heavy atom. The molecule has 0 saturated heterocycles. The Kier molecular flexibility index (Phi) is 4.77. The molecule has 0 heterocycles. The number of aliphatic carboxylic acids is 1. The van der Waals surface area contributed by atoms with Crippen LogP contribution in [-0.2, 0) is 4.79 Å². The molecule has 92 valence electrons. The van der Waals surface area contributed by atoms with Crippen molar-refractivity contribution in [3.05, 3.63) is 27.2 Å². The number of carboxylic acid groups (broad SMARTS) is 2. The van der Waals surface area contributed by atoms with Crippen LogP contribution in [0.2, 0.25) is 5.02 Å². The Bertz CT molecular complexity index is 464. The predicted molar refractivity (Wildman–Crippen MR) is 66.9 cm³/mol. The van der Waals surface area contributed by atoms with Crippen molar-refractivity contribution in [2.75, 3.05) is 11.9 Å². The number of halogens is 2. The predicted octanol–water partition coefficient (Wildman–Crippen LogP) is 2.69. The van der Waals surface area contributed by atoms with E-state index in [2.05, 4.69) is 21.2 Å². The van der Waals surface area contributed by atoms with E-state index < -0.39 is 11.9 Å². The van der Waals surface area contributed by atoms with Gasteiger partial charge < -0.3 is 15.5 Å². The monoisotopic (exact) mass is 321 g/mol. The molecule has 3 N–H and O–H groups in total. The van der Waals surface area contributed by atoms with Gasteiger partial charge in [-0.05, 0) is 28.1 Å². The summed E-state index contributed by atoms with van der Waals surface area (Å²) < 4.78 is 0.473. The van der Waals surface area contributed by atoms with Crippen molar-refractivity contribution < 1.29 is 19.8 Å². The number of hydrogen-bond acceptors (Lipinski definition) is 3. The zero-order valence-corrected chi connectivity index (χ0v) is 10.9. The van der Waals surface area contributed by atoms with Gasteiger partial charge >= 0.3 is 11.9 Å². The Morgan fingerprint density at radius 3 is 2.53 bits per heavy atom. The van der Waals surface area contributed by atoms with Gasteiger partial charge in [0.1, 0.15) is 5.56 Å². The third-order valence-corrected chi connectivity index (χ3v) is 3.24. The molecule has 17 heavy (non-hydrogen) atoms. The number of anilines is 1. The van der Waals surface area contributed by atoms with Crippen LogP contribution in [0.25, 0.3) is 0 Å². The lowest BCUT2D eigenvalue weighted by Crippen LogP contribution is -2.11. The SMILES string of the molecule is O=C(O)CCNc1ccc(Br)c(Cl)c1C(=O)O. The summed E-state index contributed by atoms with van der Waals surface area (Å²) in [4.78, 5) is 21.4. The molecule has 0 aromatic heterocycles. The minimum atomic E-state index is -1.17. The first kappa shape index (κ1) is 13.8. The standard InChI is InChI=1S/C10H9BrClNO4/c11-5-1-2-6(13-4-3-7(14)15)8(9(5)12)10(16)17/h1-2,13H,3-4H2,(H,14,15)(H,16,17). The number of benzene rings is 1. The van der Waals surface area contributed by atoms with E-state index in [-0.39, 0.29) is 23.6 Å². The first-order valence-corrected chi connectivity index (χ1v) is 5.77. The second kappa shape index (κ2) is 5.88. The van der Waals surface area contributed by atoms with E-state index in [0.29, 0.717) is 10.2 Å². The van der Waals surface area contributed by atoms with Crippen LogP contribution in [0, 0.1) is 0 Å². The van der Waals surface area contributed by atoms with E-state index in [1.165, 1.54) is 6.07 Å². The molecule has 0 aliphatic rings. The van der Waals surface area contributed by atoms with E-state index in [1.54, 1.807) is 6.07 Å². The molecule has 7 heteroatoms. The van der Waals surface area contributed by atoms with Crippen molar-refractivity contribution in [2.24, 2.45) is 0 Å². The summed E-state index contributed by atoms with van der Waals surface area (Å²) in [7, 11) is 0. The zero-order chi connectivity index (χ0) is 13.0. The molecule has 0 radical (unpaired) electrons. The molecule has 1 aromatic carbocycles. The number of carbonyl (C=O) groups is 2. The average molecular weight is 323 g/mol. The van der Waals surface area contributed by atoms with Gasteiger partial charge in [0.2, 0.25) is 0 Å². The van der Waals surface area contributed by atoms with Gasteiger partial charge in [0.15, 0.2) is 0 Å². The van der Waals surface area contributed by atoms with E-state index in [9.17, 15) is 9.59 Å². The lowest BCUT2D eigenvalue weighted by molar-refractivity contribution is -0.136. The highest BCUT2D eigenvalue weighted by Gasteiger charge is 2.16. The van der Waals surface area contributed by atoms with Crippen LogP contribution >= 0.6 is 27.5 Å². The van der Waals surface area contributed by atoms with Crippen molar-refractivity contribution in [1.82, 2.24) is 0 Å². The summed E-state index contributed by atoms with van der Waals surface area (Å²) in [5, 5.41) is 20.3. The quantitative estimate of drug-likeness (QED) is 0.776. The van der Waals surface area contributed by atoms with Crippen molar-refractivity contribution in [3.63, 3.8) is 0 Å². The van der Waals surface area contributed by atoms with E-state index in [1.807, 2.05) is 0 Å². The van der Waals surface area contributed by atoms with E-state index in [0.717, 1.165) is 0 Å². The topological polar surface area (TPSA) is 86.6 Å². The van der Waals surface area contributed by atoms with Crippen LogP contribution in [-0.4, -0.2) is 28.7 Å². The van der Waals surface area contributed by atoms with Crippen LogP contribution < -0.4 is 5.32 Å². The minimum absolute atomic E-state index is 0.0774. The maximum Gasteiger partial charge on any atom is 0.339 e. The van der Waals surface area contributed by atoms with Gasteiger partial charge in [-0.3, -0.25) is 4.79 Å². The summed E-state index contributed by atoms with van der Waals surface area (Å²) in [5.41, 5.74) is 0.221. The van der Waals surface area contributed by atoms with Crippen LogP contribution in [0.5, 0.6) is 0 Å². The molecule has 0 saturated carbocycles. The second-order valence-corrected chi connectivity index (χ2v) is 4.39. The van der Waals surface area contributed by atoms with Crippen molar-refractivity contribution in [1.29, 1.82) is 0 Å². The molecule has 1 aromatic rings. The van der Waals surface area contributed by atoms with Crippen LogP contribution in [0.3, 0.4) is 0 Å². The molecule has 0 fully saturated rings. The van der Waals surface area contributed by atoms with Gasteiger partial charge in [-0.2, -0.15) is 0 Å². The summed E-state index contributed by atoms with van der Waals surface area (Å²) in [6.07, 6.45) is -0.104. The number of carboxylic acids is 2. The highest BCUT2D eigenvalue weighted by atomic mass is 79.9. The molecule has 0 spiro atoms. The van der Waals surface area contributed by atoms with Gasteiger partial charge in [-0.1, -0.05) is 11.6 Å². The lowest BCUT2D eigenvalue weighted by Gasteiger charge is -2.10. The second-order valence-electron chi connectivity index (χ2n) is 3.16. The summed E-state index contributed by atoms with van der Waals surface area (Å²) >= 11 is 8.97. The third kappa shape index (κ3) is 3.61. The van der Waals surface area contributed by atoms with Crippen molar-refractivity contribution in [2.45, 2.75) is 6.42 Å². The van der Waals surface area contributed by atoms with Gasteiger partial charge in [-0.15, -0.1) is 0 Å². The Labute approximate surface area is 111 Å². The summed E-state index contributed by atoms with van der Waals surface area (Å²) in [6.45, 7) is 0.133. The molecular formula is C10H9BrClNO4. The molecule has 1 rings (SSSR count). The smallest absolute Gasteiger partial charge is 0.339 e. The van der Waals surface area contributed by atoms with Crippen molar-refractivity contribution in [3.8, 4) is 0 Å². The zero-order valence-electron chi connectivity index (χ0n) is 8.54. The normalized spacial score (nSPS) is 10.0. The number of hydrogen-bond donors (Lipinski definition) is 3. The van der Waals surface area contributed by atoms with Crippen molar-refractivity contribution >= 4 is 45.2 Å². The molecule has 0 bridgehead atoms. The molecular weight excluding hydrogens is 313 g/mol. The Balaban J connectivity index is 2.95. The molecule has 0 aliphatic heterocycles. The first-order valence-electron chi connectivity index (χ1n) is 4.60. The number of nitrogens with one attached hydrogen (secondary N) is 1. The highest BCUT2D eigenvalue weighted by Crippen LogP contribution is 2.31. The molecule has 0 amide bonds. The maximum atomic E-state index is 11.0. The maximum absolute atomic E-state index is 11.0. The largest absolute Gasteiger partial charge is 0.481 e. The van der Waals surface area contributed by atoms with Gasteiger partial charge in [-0.25, -0.2) is 4.79 Å².